The molecule has 0 saturated heterocycles. The Kier molecular flexibility index (Phi) is 7.54. The van der Waals surface area contributed by atoms with Crippen LogP contribution in [0, 0.1) is 0 Å². The van der Waals surface area contributed by atoms with E-state index in [1.807, 2.05) is 40.9 Å². The molecule has 0 aliphatic heterocycles. The third-order valence-electron chi connectivity index (χ3n) is 10.4. The molecule has 0 atom stereocenters. The van der Waals surface area contributed by atoms with Crippen LogP contribution in [0.4, 0.5) is 0 Å². The van der Waals surface area contributed by atoms with E-state index in [0.29, 0.717) is 11.6 Å². The number of nitrogens with zero attached hydrogens (tertiary/aromatic N) is 2. The summed E-state index contributed by atoms with van der Waals surface area (Å²) in [4.78, 5) is 10.3. The van der Waals surface area contributed by atoms with E-state index in [2.05, 4.69) is 158 Å². The van der Waals surface area contributed by atoms with E-state index in [9.17, 15) is 0 Å². The second kappa shape index (κ2) is 13.0. The van der Waals surface area contributed by atoms with Crippen molar-refractivity contribution in [3.63, 3.8) is 0 Å². The van der Waals surface area contributed by atoms with Gasteiger partial charge < -0.3 is 4.42 Å². The van der Waals surface area contributed by atoms with Crippen LogP contribution in [-0.4, -0.2) is 9.97 Å². The number of hydrogen-bond acceptors (Lipinski definition) is 5. The second-order valence-corrected chi connectivity index (χ2v) is 15.8. The first-order chi connectivity index (χ1) is 27.2. The first kappa shape index (κ1) is 31.8. The number of fused-ring (bicyclic) bond motifs is 6. The van der Waals surface area contributed by atoms with Crippen molar-refractivity contribution in [3.05, 3.63) is 182 Å². The molecule has 0 unspecified atom stereocenters. The molecule has 4 heterocycles. The first-order valence-corrected chi connectivity index (χ1v) is 19.9. The molecule has 7 aromatic carbocycles. The Labute approximate surface area is 325 Å². The van der Waals surface area contributed by atoms with Crippen LogP contribution in [-0.2, 0) is 0 Å². The van der Waals surface area contributed by atoms with Crippen molar-refractivity contribution < 1.29 is 4.42 Å². The van der Waals surface area contributed by atoms with Gasteiger partial charge in [-0.1, -0.05) is 127 Å². The van der Waals surface area contributed by atoms with Gasteiger partial charge in [-0.25, -0.2) is 9.97 Å². The van der Waals surface area contributed by atoms with Crippen molar-refractivity contribution in [2.75, 3.05) is 0 Å². The van der Waals surface area contributed by atoms with Crippen molar-refractivity contribution in [3.8, 4) is 67.5 Å². The summed E-state index contributed by atoms with van der Waals surface area (Å²) in [5.74, 6) is 1.18. The Bertz CT molecular complexity index is 3060. The highest BCUT2D eigenvalue weighted by molar-refractivity contribution is 7.26. The normalized spacial score (nSPS) is 11.6. The summed E-state index contributed by atoms with van der Waals surface area (Å²) in [5, 5.41) is 5.13. The van der Waals surface area contributed by atoms with E-state index in [0.717, 1.165) is 39.2 Å². The molecule has 0 N–H and O–H groups in total. The zero-order chi connectivity index (χ0) is 36.3. The minimum Gasteiger partial charge on any atom is -0.461 e. The molecular weight excluding hydrogens is 709 g/mol. The first-order valence-electron chi connectivity index (χ1n) is 18.3. The molecule has 0 radical (unpaired) electrons. The third kappa shape index (κ3) is 5.56. The molecule has 0 aliphatic carbocycles. The Balaban J connectivity index is 1.15. The predicted molar refractivity (Wildman–Crippen MR) is 233 cm³/mol. The molecule has 4 aromatic heterocycles. The topological polar surface area (TPSA) is 38.9 Å². The van der Waals surface area contributed by atoms with Gasteiger partial charge in [-0.05, 0) is 81.9 Å². The van der Waals surface area contributed by atoms with Crippen LogP contribution >= 0.6 is 22.7 Å². The van der Waals surface area contributed by atoms with Gasteiger partial charge in [0.25, 0.3) is 0 Å². The van der Waals surface area contributed by atoms with E-state index < -0.39 is 0 Å². The van der Waals surface area contributed by atoms with Gasteiger partial charge >= 0.3 is 0 Å². The lowest BCUT2D eigenvalue weighted by molar-refractivity contribution is 0.577. The number of furan rings is 1. The van der Waals surface area contributed by atoms with Crippen LogP contribution < -0.4 is 0 Å². The minimum atomic E-state index is 0.551. The highest BCUT2D eigenvalue weighted by Gasteiger charge is 2.18. The molecule has 5 heteroatoms. The van der Waals surface area contributed by atoms with E-state index in [4.69, 9.17) is 14.4 Å². The van der Waals surface area contributed by atoms with Crippen LogP contribution in [0.3, 0.4) is 0 Å². The van der Waals surface area contributed by atoms with Gasteiger partial charge in [0.1, 0.15) is 0 Å². The van der Waals surface area contributed by atoms with Gasteiger partial charge in [0.05, 0.1) is 17.7 Å². The van der Waals surface area contributed by atoms with Gasteiger partial charge in [0.15, 0.2) is 11.6 Å². The highest BCUT2D eigenvalue weighted by atomic mass is 32.1. The summed E-state index contributed by atoms with van der Waals surface area (Å²) < 4.78 is 11.0. The molecule has 3 nitrogen and oxygen atoms in total. The maximum Gasteiger partial charge on any atom is 0.196 e. The number of aromatic nitrogens is 2. The summed E-state index contributed by atoms with van der Waals surface area (Å²) in [6, 6.07) is 62.7. The van der Waals surface area contributed by atoms with E-state index >= 15 is 0 Å². The molecule has 258 valence electrons. The quantitative estimate of drug-likeness (QED) is 0.170. The van der Waals surface area contributed by atoms with Crippen molar-refractivity contribution in [2.45, 2.75) is 0 Å². The molecule has 0 amide bonds. The number of rotatable bonds is 6. The average Bonchev–Trinajstić information content (AvgIpc) is 4.02. The lowest BCUT2D eigenvalue weighted by Crippen LogP contribution is -1.96. The Morgan fingerprint density at radius 2 is 0.873 bits per heavy atom. The lowest BCUT2D eigenvalue weighted by Gasteiger charge is -2.14. The fourth-order valence-electron chi connectivity index (χ4n) is 7.76. The standard InChI is InChI=1S/C50H30N2OS2/c1-2-11-31(12-3-1)32-22-24-33(25-23-32)43-30-44(52-50(51-43)45-19-10-26-53-45)36-28-34(37-15-8-17-41-39-13-4-6-20-46(39)54-48(37)41)27-35(29-36)38-16-9-18-42-40-14-5-7-21-47(40)55-49(38)42/h1-30H. The van der Waals surface area contributed by atoms with E-state index in [1.54, 1.807) is 6.26 Å². The summed E-state index contributed by atoms with van der Waals surface area (Å²) >= 11 is 3.71. The Morgan fingerprint density at radius 1 is 0.364 bits per heavy atom. The zero-order valence-corrected chi connectivity index (χ0v) is 31.1. The summed E-state index contributed by atoms with van der Waals surface area (Å²) in [6.45, 7) is 0. The van der Waals surface area contributed by atoms with Crippen molar-refractivity contribution in [2.24, 2.45) is 0 Å². The average molecular weight is 739 g/mol. The molecule has 11 rings (SSSR count). The molecular formula is C50H30N2OS2. The SMILES string of the molecule is c1ccc(-c2ccc(-c3cc(-c4cc(-c5cccc6c5sc5ccccc56)cc(-c5cccc6c5sc5ccccc56)c4)nc(-c4ccco4)n3)cc2)cc1. The minimum absolute atomic E-state index is 0.551. The van der Waals surface area contributed by atoms with E-state index in [-0.39, 0.29) is 0 Å². The molecule has 55 heavy (non-hydrogen) atoms. The summed E-state index contributed by atoms with van der Waals surface area (Å²) in [6.07, 6.45) is 1.68. The molecule has 0 bridgehead atoms. The molecule has 0 aliphatic rings. The van der Waals surface area contributed by atoms with Crippen molar-refractivity contribution in [1.82, 2.24) is 9.97 Å². The monoisotopic (exact) mass is 738 g/mol. The Morgan fingerprint density at radius 3 is 1.47 bits per heavy atom. The van der Waals surface area contributed by atoms with Gasteiger partial charge in [0, 0.05) is 51.5 Å². The molecule has 0 saturated carbocycles. The fourth-order valence-corrected chi connectivity index (χ4v) is 10.2. The van der Waals surface area contributed by atoms with Gasteiger partial charge in [-0.15, -0.1) is 22.7 Å². The van der Waals surface area contributed by atoms with Crippen molar-refractivity contribution >= 4 is 63.0 Å². The van der Waals surface area contributed by atoms with Crippen molar-refractivity contribution in [1.29, 1.82) is 0 Å². The van der Waals surface area contributed by atoms with Crippen LogP contribution in [0.15, 0.2) is 187 Å². The number of benzene rings is 7. The molecule has 0 spiro atoms. The molecule has 0 fully saturated rings. The van der Waals surface area contributed by atoms with Gasteiger partial charge in [-0.3, -0.25) is 0 Å². The van der Waals surface area contributed by atoms with Crippen LogP contribution in [0.2, 0.25) is 0 Å². The highest BCUT2D eigenvalue weighted by Crippen LogP contribution is 2.45. The second-order valence-electron chi connectivity index (χ2n) is 13.7. The zero-order valence-electron chi connectivity index (χ0n) is 29.4. The maximum atomic E-state index is 5.90. The van der Waals surface area contributed by atoms with Crippen LogP contribution in [0.1, 0.15) is 0 Å². The Hall–Kier alpha value is -6.66. The van der Waals surface area contributed by atoms with Gasteiger partial charge in [-0.2, -0.15) is 0 Å². The number of hydrogen-bond donors (Lipinski definition) is 0. The van der Waals surface area contributed by atoms with Crippen LogP contribution in [0.5, 0.6) is 0 Å². The smallest absolute Gasteiger partial charge is 0.196 e. The molecule has 11 aromatic rings. The fraction of sp³-hybridized carbons (Fsp3) is 0. The lowest BCUT2D eigenvalue weighted by atomic mass is 9.93. The maximum absolute atomic E-state index is 5.90. The summed E-state index contributed by atoms with van der Waals surface area (Å²) in [5.41, 5.74) is 10.8. The predicted octanol–water partition coefficient (Wildman–Crippen LogP) is 14.8. The van der Waals surface area contributed by atoms with Crippen LogP contribution in [0.25, 0.3) is 108 Å². The summed E-state index contributed by atoms with van der Waals surface area (Å²) in [7, 11) is 0. The third-order valence-corrected chi connectivity index (χ3v) is 12.9. The van der Waals surface area contributed by atoms with E-state index in [1.165, 1.54) is 57.0 Å². The largest absolute Gasteiger partial charge is 0.461 e. The number of thiophene rings is 2. The van der Waals surface area contributed by atoms with Gasteiger partial charge in [0.2, 0.25) is 0 Å².